The maximum Gasteiger partial charge on any atom is 0.192 e. The smallest absolute Gasteiger partial charge is 0.192 e. The third-order valence-electron chi connectivity index (χ3n) is 1.37. The van der Waals surface area contributed by atoms with Crippen LogP contribution in [0.4, 0.5) is 5.69 Å². The molecule has 2 N–H and O–H groups in total. The van der Waals surface area contributed by atoms with Gasteiger partial charge in [0.05, 0.1) is 14.2 Å². The predicted molar refractivity (Wildman–Crippen MR) is 46.1 cm³/mol. The summed E-state index contributed by atoms with van der Waals surface area (Å²) in [6.07, 6.45) is 0. The average Bonchev–Trinajstić information content (AvgIpc) is 2.13. The van der Waals surface area contributed by atoms with Gasteiger partial charge in [-0.05, 0) is 12.1 Å². The number of anilines is 1. The van der Waals surface area contributed by atoms with Crippen LogP contribution in [0.15, 0.2) is 18.2 Å². The lowest BCUT2D eigenvalue weighted by Crippen LogP contribution is -2.00. The zero-order chi connectivity index (χ0) is 9.68. The highest BCUT2D eigenvalue weighted by Crippen LogP contribution is 2.31. The van der Waals surface area contributed by atoms with Crippen LogP contribution in [0.5, 0.6) is 11.5 Å². The van der Waals surface area contributed by atoms with Gasteiger partial charge in [0.25, 0.3) is 0 Å². The minimum atomic E-state index is 0.325. The maximum atomic E-state index is 5.65. The van der Waals surface area contributed by atoms with Crippen molar-refractivity contribution >= 4 is 5.69 Å². The van der Waals surface area contributed by atoms with E-state index in [0.717, 1.165) is 0 Å². The molecule has 72 valence electrons. The van der Waals surface area contributed by atoms with Crippen LogP contribution in [-0.4, -0.2) is 14.2 Å². The molecule has 0 saturated carbocycles. The Hall–Kier alpha value is -1.46. The number of nitrogens with two attached hydrogens (primary N) is 1. The van der Waals surface area contributed by atoms with Crippen molar-refractivity contribution in [2.45, 2.75) is 0 Å². The van der Waals surface area contributed by atoms with Crippen LogP contribution in [0.25, 0.3) is 0 Å². The van der Waals surface area contributed by atoms with Crippen molar-refractivity contribution in [3.05, 3.63) is 18.2 Å². The lowest BCUT2D eigenvalue weighted by molar-refractivity contribution is -0.183. The predicted octanol–water partition coefficient (Wildman–Crippen LogP) is 1.15. The summed E-state index contributed by atoms with van der Waals surface area (Å²) in [6.45, 7) is 0. The highest BCUT2D eigenvalue weighted by molar-refractivity contribution is 5.62. The van der Waals surface area contributed by atoms with Crippen LogP contribution in [-0.2, 0) is 9.78 Å². The third kappa shape index (κ3) is 2.24. The molecule has 0 heterocycles. The molecule has 0 aliphatic heterocycles. The molecule has 0 aliphatic carbocycles. The summed E-state index contributed by atoms with van der Waals surface area (Å²) in [5.41, 5.74) is 5.97. The van der Waals surface area contributed by atoms with Gasteiger partial charge in [-0.3, -0.25) is 0 Å². The van der Waals surface area contributed by atoms with Gasteiger partial charge in [0.15, 0.2) is 11.5 Å². The van der Waals surface area contributed by atoms with Crippen LogP contribution in [0.1, 0.15) is 0 Å². The van der Waals surface area contributed by atoms with Gasteiger partial charge in [0, 0.05) is 0 Å². The summed E-state index contributed by atoms with van der Waals surface area (Å²) in [5, 5.41) is 0. The Labute approximate surface area is 75.8 Å². The third-order valence-corrected chi connectivity index (χ3v) is 1.37. The van der Waals surface area contributed by atoms with Gasteiger partial charge in [-0.1, -0.05) is 6.07 Å². The van der Waals surface area contributed by atoms with E-state index >= 15 is 0 Å². The van der Waals surface area contributed by atoms with Crippen molar-refractivity contribution in [3.8, 4) is 11.5 Å². The summed E-state index contributed by atoms with van der Waals surface area (Å²) in [4.78, 5) is 18.5. The summed E-state index contributed by atoms with van der Waals surface area (Å²) >= 11 is 0. The maximum absolute atomic E-state index is 5.65. The van der Waals surface area contributed by atoms with Gasteiger partial charge < -0.3 is 15.5 Å². The number of hydrogen-bond donors (Lipinski definition) is 1. The van der Waals surface area contributed by atoms with Crippen LogP contribution < -0.4 is 15.5 Å². The van der Waals surface area contributed by atoms with Gasteiger partial charge in [0.2, 0.25) is 0 Å². The summed E-state index contributed by atoms with van der Waals surface area (Å²) in [5.74, 6) is 0.772. The zero-order valence-electron chi connectivity index (χ0n) is 7.44. The first kappa shape index (κ1) is 9.63. The molecule has 0 unspecified atom stereocenters. The molecule has 0 aromatic heterocycles. The molecule has 5 heteroatoms. The Morgan fingerprint density at radius 3 is 1.85 bits per heavy atom. The minimum absolute atomic E-state index is 0.325. The van der Waals surface area contributed by atoms with E-state index in [4.69, 9.17) is 15.5 Å². The summed E-state index contributed by atoms with van der Waals surface area (Å²) < 4.78 is 0. The van der Waals surface area contributed by atoms with Gasteiger partial charge in [-0.25, -0.2) is 0 Å². The molecule has 0 aliphatic rings. The van der Waals surface area contributed by atoms with Crippen LogP contribution in [0, 0.1) is 0 Å². The van der Waals surface area contributed by atoms with Crippen molar-refractivity contribution in [2.75, 3.05) is 20.0 Å². The molecule has 13 heavy (non-hydrogen) atoms. The molecule has 0 fully saturated rings. The Morgan fingerprint density at radius 1 is 1.00 bits per heavy atom. The molecular formula is C8H11NO4. The van der Waals surface area contributed by atoms with Crippen molar-refractivity contribution in [3.63, 3.8) is 0 Å². The lowest BCUT2D eigenvalue weighted by Gasteiger charge is -2.08. The second kappa shape index (κ2) is 4.54. The summed E-state index contributed by atoms with van der Waals surface area (Å²) in [7, 11) is 2.78. The number of para-hydroxylation sites is 1. The first-order valence-electron chi connectivity index (χ1n) is 3.59. The van der Waals surface area contributed by atoms with E-state index in [1.807, 2.05) is 0 Å². The van der Waals surface area contributed by atoms with Crippen LogP contribution >= 0.6 is 0 Å². The zero-order valence-corrected chi connectivity index (χ0v) is 7.44. The van der Waals surface area contributed by atoms with E-state index in [0.29, 0.717) is 17.2 Å². The molecule has 5 nitrogen and oxygen atoms in total. The van der Waals surface area contributed by atoms with Crippen molar-refractivity contribution in [2.24, 2.45) is 0 Å². The lowest BCUT2D eigenvalue weighted by atomic mass is 10.3. The number of nitrogen functional groups attached to an aromatic ring is 1. The molecule has 0 saturated heterocycles. The highest BCUT2D eigenvalue weighted by atomic mass is 17.2. The van der Waals surface area contributed by atoms with Crippen LogP contribution in [0.2, 0.25) is 0 Å². The fourth-order valence-electron chi connectivity index (χ4n) is 0.849. The quantitative estimate of drug-likeness (QED) is 0.433. The largest absolute Gasteiger partial charge is 0.392 e. The fraction of sp³-hybridized carbons (Fsp3) is 0.250. The van der Waals surface area contributed by atoms with E-state index in [9.17, 15) is 0 Å². The number of hydrogen-bond acceptors (Lipinski definition) is 5. The Bertz CT molecular complexity index is 253. The molecular weight excluding hydrogens is 174 g/mol. The molecule has 1 aromatic rings. The monoisotopic (exact) mass is 185 g/mol. The van der Waals surface area contributed by atoms with Gasteiger partial charge in [-0.15, -0.1) is 0 Å². The molecule has 1 rings (SSSR count). The molecule has 0 bridgehead atoms. The average molecular weight is 185 g/mol. The standard InChI is InChI=1S/C8H11NO4/c1-10-12-6-4-3-5-7(8(6)9)13-11-2/h3-5H,9H2,1-2H3. The van der Waals surface area contributed by atoms with Gasteiger partial charge >= 0.3 is 0 Å². The molecule has 0 atom stereocenters. The first-order chi connectivity index (χ1) is 6.29. The normalized spacial score (nSPS) is 9.69. The molecule has 0 amide bonds. The minimum Gasteiger partial charge on any atom is -0.392 e. The molecule has 0 radical (unpaired) electrons. The van der Waals surface area contributed by atoms with Crippen molar-refractivity contribution in [1.29, 1.82) is 0 Å². The molecule has 0 spiro atoms. The Balaban J connectivity index is 2.89. The van der Waals surface area contributed by atoms with Gasteiger partial charge in [-0.2, -0.15) is 9.78 Å². The van der Waals surface area contributed by atoms with Crippen molar-refractivity contribution < 1.29 is 19.6 Å². The molecule has 1 aromatic carbocycles. The summed E-state index contributed by atoms with van der Waals surface area (Å²) in [6, 6.07) is 5.02. The number of benzene rings is 1. The van der Waals surface area contributed by atoms with E-state index < -0.39 is 0 Å². The number of rotatable bonds is 4. The van der Waals surface area contributed by atoms with Gasteiger partial charge in [0.1, 0.15) is 5.69 Å². The second-order valence-corrected chi connectivity index (χ2v) is 2.17. The Morgan fingerprint density at radius 2 is 1.46 bits per heavy atom. The Kier molecular flexibility index (Phi) is 3.36. The highest BCUT2D eigenvalue weighted by Gasteiger charge is 2.07. The first-order valence-corrected chi connectivity index (χ1v) is 3.59. The van der Waals surface area contributed by atoms with E-state index in [1.54, 1.807) is 18.2 Å². The van der Waals surface area contributed by atoms with E-state index in [-0.39, 0.29) is 0 Å². The van der Waals surface area contributed by atoms with E-state index in [1.165, 1.54) is 14.2 Å². The van der Waals surface area contributed by atoms with Crippen LogP contribution in [0.3, 0.4) is 0 Å². The SMILES string of the molecule is COOc1cccc(OOC)c1N. The van der Waals surface area contributed by atoms with E-state index in [2.05, 4.69) is 9.78 Å². The topological polar surface area (TPSA) is 62.9 Å². The second-order valence-electron chi connectivity index (χ2n) is 2.17. The van der Waals surface area contributed by atoms with Crippen molar-refractivity contribution in [1.82, 2.24) is 0 Å². The fourth-order valence-corrected chi connectivity index (χ4v) is 0.849.